The van der Waals surface area contributed by atoms with Crippen molar-refractivity contribution in [3.63, 3.8) is 0 Å². The maximum Gasteiger partial charge on any atom is 0.335 e. The smallest absolute Gasteiger partial charge is 0.335 e. The molecule has 4 saturated carbocycles. The molecule has 1 aromatic rings. The maximum atomic E-state index is 12.1. The van der Waals surface area contributed by atoms with Crippen LogP contribution >= 0.6 is 0 Å². The molecule has 0 amide bonds. The molecule has 33 heavy (non-hydrogen) atoms. The topological polar surface area (TPSA) is 110 Å². The van der Waals surface area contributed by atoms with Crippen molar-refractivity contribution in [1.82, 2.24) is 0 Å². The van der Waals surface area contributed by atoms with Gasteiger partial charge in [-0.05, 0) is 73.3 Å². The minimum Gasteiger partial charge on any atom is -0.459 e. The summed E-state index contributed by atoms with van der Waals surface area (Å²) in [6.45, 7) is 5.88. The molecule has 4 aliphatic carbocycles. The van der Waals surface area contributed by atoms with Crippen molar-refractivity contribution in [2.75, 3.05) is 0 Å². The largest absolute Gasteiger partial charge is 0.459 e. The van der Waals surface area contributed by atoms with Crippen molar-refractivity contribution >= 4 is 5.97 Å². The monoisotopic (exact) mass is 458 g/mol. The minimum atomic E-state index is -0.507. The van der Waals surface area contributed by atoms with E-state index in [2.05, 4.69) is 13.8 Å². The van der Waals surface area contributed by atoms with Crippen LogP contribution in [0.1, 0.15) is 70.8 Å². The molecule has 1 spiro atoms. The van der Waals surface area contributed by atoms with E-state index in [9.17, 15) is 19.8 Å². The van der Waals surface area contributed by atoms with E-state index in [0.29, 0.717) is 12.3 Å². The Bertz CT molecular complexity index is 1020. The summed E-state index contributed by atoms with van der Waals surface area (Å²) in [5.41, 5.74) is -0.582. The Morgan fingerprint density at radius 2 is 1.97 bits per heavy atom. The van der Waals surface area contributed by atoms with E-state index in [1.54, 1.807) is 6.07 Å². The number of hydrogen-bond acceptors (Lipinski definition) is 7. The summed E-state index contributed by atoms with van der Waals surface area (Å²) in [6, 6.07) is 3.17. The van der Waals surface area contributed by atoms with Crippen molar-refractivity contribution in [3.05, 3.63) is 34.4 Å². The molecule has 5 fully saturated rings. The molecule has 7 nitrogen and oxygen atoms in total. The zero-order valence-electron chi connectivity index (χ0n) is 19.5. The third kappa shape index (κ3) is 2.73. The van der Waals surface area contributed by atoms with Crippen LogP contribution in [-0.4, -0.2) is 46.2 Å². The average Bonchev–Trinajstić information content (AvgIpc) is 3.45. The van der Waals surface area contributed by atoms with Gasteiger partial charge in [-0.2, -0.15) is 0 Å². The first-order chi connectivity index (χ1) is 15.6. The molecular formula is C26H34O7. The molecule has 1 saturated heterocycles. The number of epoxide rings is 1. The number of carbonyl (C=O) groups excluding carboxylic acids is 1. The molecule has 2 N–H and O–H groups in total. The van der Waals surface area contributed by atoms with Crippen LogP contribution in [0.15, 0.2) is 27.6 Å². The first-order valence-electron chi connectivity index (χ1n) is 12.4. The number of ether oxygens (including phenoxy) is 2. The fourth-order valence-electron chi connectivity index (χ4n) is 9.21. The van der Waals surface area contributed by atoms with Crippen molar-refractivity contribution in [2.24, 2.45) is 28.6 Å². The third-order valence-corrected chi connectivity index (χ3v) is 10.4. The predicted molar refractivity (Wildman–Crippen MR) is 117 cm³/mol. The molecule has 6 rings (SSSR count). The molecule has 0 unspecified atom stereocenters. The van der Waals surface area contributed by atoms with Gasteiger partial charge in [0.15, 0.2) is 0 Å². The second kappa shape index (κ2) is 6.92. The fraction of sp³-hybridized carbons (Fsp3) is 0.769. The van der Waals surface area contributed by atoms with Crippen LogP contribution in [0.2, 0.25) is 0 Å². The zero-order chi connectivity index (χ0) is 23.3. The number of hydrogen-bond donors (Lipinski definition) is 2. The molecule has 2 heterocycles. The first-order valence-corrected chi connectivity index (χ1v) is 12.4. The summed E-state index contributed by atoms with van der Waals surface area (Å²) >= 11 is 0. The van der Waals surface area contributed by atoms with Gasteiger partial charge in [-0.25, -0.2) is 4.79 Å². The standard InChI is InChI=1S/C26H34O7/c1-13(27)32-22-20(14-4-7-19(30)31-12-14)25(3)11-18(29)21-17(26(25)23(22)33-26)6-5-15-10-16(28)8-9-24(15,21)2/h4,7,12,15-18,20-23,28-29H,5-6,8-11H2,1-3H3/t15-,16+,17-,18-,20+,21-,22-,23-,24+,25-,26-/m1/s1. The van der Waals surface area contributed by atoms with Gasteiger partial charge in [0, 0.05) is 24.3 Å². The van der Waals surface area contributed by atoms with Crippen molar-refractivity contribution in [2.45, 2.75) is 95.2 Å². The highest BCUT2D eigenvalue weighted by molar-refractivity contribution is 5.66. The molecule has 0 bridgehead atoms. The van der Waals surface area contributed by atoms with Crippen LogP contribution < -0.4 is 5.63 Å². The van der Waals surface area contributed by atoms with Gasteiger partial charge >= 0.3 is 11.6 Å². The molecule has 1 aromatic heterocycles. The lowest BCUT2D eigenvalue weighted by atomic mass is 9.43. The Kier molecular flexibility index (Phi) is 4.57. The van der Waals surface area contributed by atoms with Gasteiger partial charge in [0.25, 0.3) is 0 Å². The lowest BCUT2D eigenvalue weighted by molar-refractivity contribution is -0.191. The van der Waals surface area contributed by atoms with Crippen LogP contribution in [0.3, 0.4) is 0 Å². The Morgan fingerprint density at radius 1 is 1.18 bits per heavy atom. The SMILES string of the molecule is CC(=O)O[C@H]1[C@H]2O[C@]23[C@@H]2CC[C@@H]4C[C@@H](O)CC[C@]4(C)[C@H]2[C@H](O)C[C@]3(C)[C@H]1c1ccc(=O)oc1. The number of aliphatic hydroxyl groups is 2. The predicted octanol–water partition coefficient (Wildman–Crippen LogP) is 2.77. The van der Waals surface area contributed by atoms with Crippen LogP contribution in [-0.2, 0) is 14.3 Å². The maximum absolute atomic E-state index is 12.1. The number of carbonyl (C=O) groups is 1. The minimum absolute atomic E-state index is 0.0390. The van der Waals surface area contributed by atoms with Gasteiger partial charge in [0.1, 0.15) is 17.8 Å². The Labute approximate surface area is 193 Å². The summed E-state index contributed by atoms with van der Waals surface area (Å²) in [5.74, 6) is 0.0712. The Morgan fingerprint density at radius 3 is 2.67 bits per heavy atom. The Hall–Kier alpha value is -1.70. The average molecular weight is 459 g/mol. The van der Waals surface area contributed by atoms with Crippen molar-refractivity contribution in [3.8, 4) is 0 Å². The summed E-state index contributed by atoms with van der Waals surface area (Å²) in [5, 5.41) is 22.0. The molecule has 0 radical (unpaired) electrons. The van der Waals surface area contributed by atoms with Crippen molar-refractivity contribution in [1.29, 1.82) is 0 Å². The molecule has 1 aliphatic heterocycles. The van der Waals surface area contributed by atoms with E-state index < -0.39 is 28.8 Å². The number of fused-ring (bicyclic) bond motifs is 3. The summed E-state index contributed by atoms with van der Waals surface area (Å²) in [6.07, 6.45) is 5.00. The summed E-state index contributed by atoms with van der Waals surface area (Å²) < 4.78 is 17.7. The van der Waals surface area contributed by atoms with Crippen LogP contribution in [0.25, 0.3) is 0 Å². The highest BCUT2D eigenvalue weighted by Crippen LogP contribution is 2.78. The van der Waals surface area contributed by atoms with Gasteiger partial charge in [-0.15, -0.1) is 0 Å². The molecule has 11 atom stereocenters. The molecule has 180 valence electrons. The van der Waals surface area contributed by atoms with Gasteiger partial charge in [-0.1, -0.05) is 13.8 Å². The number of esters is 1. The van der Waals surface area contributed by atoms with E-state index in [0.717, 1.165) is 37.7 Å². The molecule has 7 heteroatoms. The van der Waals surface area contributed by atoms with Gasteiger partial charge in [-0.3, -0.25) is 4.79 Å². The van der Waals surface area contributed by atoms with Gasteiger partial charge < -0.3 is 24.1 Å². The molecule has 0 aromatic carbocycles. The normalized spacial score (nSPS) is 52.2. The van der Waals surface area contributed by atoms with Crippen LogP contribution in [0.5, 0.6) is 0 Å². The first kappa shape index (κ1) is 21.8. The molecular weight excluding hydrogens is 424 g/mol. The molecule has 5 aliphatic rings. The van der Waals surface area contributed by atoms with E-state index in [4.69, 9.17) is 13.9 Å². The van der Waals surface area contributed by atoms with E-state index in [1.165, 1.54) is 19.3 Å². The summed E-state index contributed by atoms with van der Waals surface area (Å²) in [4.78, 5) is 23.7. The van der Waals surface area contributed by atoms with Gasteiger partial charge in [0.05, 0.1) is 18.5 Å². The second-order valence-corrected chi connectivity index (χ2v) is 11.8. The third-order valence-electron chi connectivity index (χ3n) is 10.4. The van der Waals surface area contributed by atoms with Crippen LogP contribution in [0.4, 0.5) is 0 Å². The highest BCUT2D eigenvalue weighted by atomic mass is 16.7. The van der Waals surface area contributed by atoms with Gasteiger partial charge in [0.2, 0.25) is 0 Å². The lowest BCUT2D eigenvalue weighted by Crippen LogP contribution is -2.63. The second-order valence-electron chi connectivity index (χ2n) is 11.8. The van der Waals surface area contributed by atoms with E-state index in [-0.39, 0.29) is 41.3 Å². The quantitative estimate of drug-likeness (QED) is 0.518. The summed E-state index contributed by atoms with van der Waals surface area (Å²) in [7, 11) is 0. The highest BCUT2D eigenvalue weighted by Gasteiger charge is 2.85. The van der Waals surface area contributed by atoms with Crippen LogP contribution in [0, 0.1) is 28.6 Å². The lowest BCUT2D eigenvalue weighted by Gasteiger charge is -2.62. The Balaban J connectivity index is 1.44. The van der Waals surface area contributed by atoms with E-state index in [1.807, 2.05) is 0 Å². The van der Waals surface area contributed by atoms with E-state index >= 15 is 0 Å². The van der Waals surface area contributed by atoms with Crippen molar-refractivity contribution < 1.29 is 28.9 Å². The number of aliphatic hydroxyl groups excluding tert-OH is 2. The number of rotatable bonds is 2. The fourth-order valence-corrected chi connectivity index (χ4v) is 9.21. The zero-order valence-corrected chi connectivity index (χ0v) is 19.5.